The molecule has 1 fully saturated rings. The van der Waals surface area contributed by atoms with Gasteiger partial charge in [-0.15, -0.1) is 0 Å². The Balaban J connectivity index is 1.95. The van der Waals surface area contributed by atoms with Gasteiger partial charge >= 0.3 is 0 Å². The Labute approximate surface area is 107 Å². The van der Waals surface area contributed by atoms with Crippen molar-refractivity contribution in [2.24, 2.45) is 0 Å². The van der Waals surface area contributed by atoms with Crippen molar-refractivity contribution in [2.45, 2.75) is 0 Å². The van der Waals surface area contributed by atoms with Crippen molar-refractivity contribution in [3.8, 4) is 0 Å². The van der Waals surface area contributed by atoms with Crippen molar-refractivity contribution < 1.29 is 9.59 Å². The summed E-state index contributed by atoms with van der Waals surface area (Å²) in [7, 11) is 0. The van der Waals surface area contributed by atoms with Gasteiger partial charge in [0.2, 0.25) is 5.91 Å². The summed E-state index contributed by atoms with van der Waals surface area (Å²) in [5.41, 5.74) is 1.56. The first-order chi connectivity index (χ1) is 8.74. The molecule has 0 unspecified atom stereocenters. The van der Waals surface area contributed by atoms with E-state index in [-0.39, 0.29) is 11.7 Å². The number of rotatable bonds is 2. The summed E-state index contributed by atoms with van der Waals surface area (Å²) in [5.74, 6) is 0.225. The van der Waals surface area contributed by atoms with Crippen LogP contribution in [0.15, 0.2) is 41.6 Å². The van der Waals surface area contributed by atoms with E-state index in [9.17, 15) is 9.59 Å². The van der Waals surface area contributed by atoms with E-state index in [4.69, 9.17) is 0 Å². The molecule has 1 aromatic heterocycles. The number of ketones is 1. The summed E-state index contributed by atoms with van der Waals surface area (Å²) in [4.78, 5) is 26.2. The van der Waals surface area contributed by atoms with Crippen molar-refractivity contribution in [1.29, 1.82) is 0 Å². The van der Waals surface area contributed by atoms with E-state index < -0.39 is 0 Å². The number of thioether (sulfide) groups is 1. The number of H-pyrrole nitrogens is 1. The Hall–Kier alpha value is -2.01. The topological polar surface area (TPSA) is 62.0 Å². The summed E-state index contributed by atoms with van der Waals surface area (Å²) in [6, 6.07) is 7.63. The fourth-order valence-corrected chi connectivity index (χ4v) is 2.64. The number of carbonyl (C=O) groups excluding carboxylic acids is 2. The lowest BCUT2D eigenvalue weighted by molar-refractivity contribution is -0.117. The lowest BCUT2D eigenvalue weighted by atomic mass is 10.1. The van der Waals surface area contributed by atoms with Crippen molar-refractivity contribution in [3.05, 3.63) is 47.1 Å². The fourth-order valence-electron chi connectivity index (χ4n) is 1.90. The summed E-state index contributed by atoms with van der Waals surface area (Å²) in [5, 5.41) is 4.17. The molecule has 18 heavy (non-hydrogen) atoms. The van der Waals surface area contributed by atoms with Crippen LogP contribution in [0, 0.1) is 0 Å². The van der Waals surface area contributed by atoms with Crippen molar-refractivity contribution >= 4 is 34.4 Å². The predicted molar refractivity (Wildman–Crippen MR) is 71.3 cm³/mol. The molecule has 0 aliphatic carbocycles. The number of amides is 1. The van der Waals surface area contributed by atoms with E-state index in [0.29, 0.717) is 16.3 Å². The number of para-hydroxylation sites is 1. The van der Waals surface area contributed by atoms with Crippen LogP contribution in [-0.4, -0.2) is 22.4 Å². The molecule has 1 aromatic carbocycles. The maximum atomic E-state index is 12.1. The smallest absolute Gasteiger partial charge is 0.235 e. The molecule has 2 aromatic rings. The minimum atomic E-state index is -0.0999. The Morgan fingerprint density at radius 1 is 1.33 bits per heavy atom. The summed E-state index contributed by atoms with van der Waals surface area (Å²) < 4.78 is 0. The zero-order chi connectivity index (χ0) is 12.5. The molecule has 0 radical (unpaired) electrons. The quantitative estimate of drug-likeness (QED) is 0.640. The molecule has 0 atom stereocenters. The van der Waals surface area contributed by atoms with Crippen LogP contribution in [0.5, 0.6) is 0 Å². The highest BCUT2D eigenvalue weighted by atomic mass is 32.2. The average Bonchev–Trinajstić information content (AvgIpc) is 2.95. The average molecular weight is 258 g/mol. The summed E-state index contributed by atoms with van der Waals surface area (Å²) >= 11 is 1.35. The van der Waals surface area contributed by atoms with Gasteiger partial charge in [-0.1, -0.05) is 30.0 Å². The van der Waals surface area contributed by atoms with Crippen LogP contribution in [-0.2, 0) is 4.79 Å². The zero-order valence-corrected chi connectivity index (χ0v) is 10.2. The summed E-state index contributed by atoms with van der Waals surface area (Å²) in [6.45, 7) is 0. The molecule has 5 heteroatoms. The van der Waals surface area contributed by atoms with Crippen molar-refractivity contribution in [3.63, 3.8) is 0 Å². The lowest BCUT2D eigenvalue weighted by Gasteiger charge is -1.96. The number of aromatic amines is 1. The summed E-state index contributed by atoms with van der Waals surface area (Å²) in [6.07, 6.45) is 3.18. The number of hydrogen-bond donors (Lipinski definition) is 2. The number of benzene rings is 1. The predicted octanol–water partition coefficient (Wildman–Crippen LogP) is 2.05. The van der Waals surface area contributed by atoms with Gasteiger partial charge in [-0.25, -0.2) is 0 Å². The van der Waals surface area contributed by atoms with Crippen LogP contribution in [0.3, 0.4) is 0 Å². The molecule has 1 saturated heterocycles. The molecule has 2 heterocycles. The van der Waals surface area contributed by atoms with Gasteiger partial charge in [0.15, 0.2) is 5.78 Å². The van der Waals surface area contributed by atoms with Gasteiger partial charge in [-0.3, -0.25) is 9.59 Å². The Bertz CT molecular complexity index is 672. The second kappa shape index (κ2) is 4.34. The van der Waals surface area contributed by atoms with Crippen LogP contribution >= 0.6 is 11.8 Å². The maximum absolute atomic E-state index is 12.1. The second-order valence-electron chi connectivity index (χ2n) is 3.96. The van der Waals surface area contributed by atoms with Crippen LogP contribution in [0.25, 0.3) is 10.9 Å². The SMILES string of the molecule is O=C1CSC(=CC(=O)c2c[nH]c3ccccc23)N1. The van der Waals surface area contributed by atoms with Gasteiger partial charge in [0.1, 0.15) is 0 Å². The van der Waals surface area contributed by atoms with Crippen LogP contribution in [0.4, 0.5) is 0 Å². The van der Waals surface area contributed by atoms with E-state index in [1.807, 2.05) is 24.3 Å². The molecule has 1 aliphatic rings. The highest BCUT2D eigenvalue weighted by Crippen LogP contribution is 2.22. The molecular weight excluding hydrogens is 248 g/mol. The van der Waals surface area contributed by atoms with Gasteiger partial charge in [0.05, 0.1) is 10.8 Å². The molecule has 2 N–H and O–H groups in total. The largest absolute Gasteiger partial charge is 0.360 e. The molecule has 1 aliphatic heterocycles. The zero-order valence-electron chi connectivity index (χ0n) is 9.40. The molecule has 3 rings (SSSR count). The number of allylic oxidation sites excluding steroid dienone is 1. The Kier molecular flexibility index (Phi) is 2.68. The molecule has 0 bridgehead atoms. The third kappa shape index (κ3) is 1.93. The number of fused-ring (bicyclic) bond motifs is 1. The third-order valence-electron chi connectivity index (χ3n) is 2.74. The van der Waals surface area contributed by atoms with Crippen LogP contribution in [0.1, 0.15) is 10.4 Å². The lowest BCUT2D eigenvalue weighted by Crippen LogP contribution is -2.14. The monoisotopic (exact) mass is 258 g/mol. The van der Waals surface area contributed by atoms with Crippen LogP contribution in [0.2, 0.25) is 0 Å². The Morgan fingerprint density at radius 3 is 2.94 bits per heavy atom. The minimum Gasteiger partial charge on any atom is -0.360 e. The van der Waals surface area contributed by atoms with Crippen LogP contribution < -0.4 is 5.32 Å². The van der Waals surface area contributed by atoms with E-state index in [2.05, 4.69) is 10.3 Å². The molecular formula is C13H10N2O2S. The molecule has 0 spiro atoms. The number of nitrogens with one attached hydrogen (secondary N) is 2. The van der Waals surface area contributed by atoms with E-state index >= 15 is 0 Å². The second-order valence-corrected chi connectivity index (χ2v) is 4.97. The van der Waals surface area contributed by atoms with E-state index in [1.54, 1.807) is 6.20 Å². The van der Waals surface area contributed by atoms with E-state index in [0.717, 1.165) is 10.9 Å². The minimum absolute atomic E-state index is 0.0574. The highest BCUT2D eigenvalue weighted by Gasteiger charge is 2.17. The number of carbonyl (C=O) groups is 2. The van der Waals surface area contributed by atoms with Gasteiger partial charge in [-0.2, -0.15) is 0 Å². The van der Waals surface area contributed by atoms with Crippen molar-refractivity contribution in [1.82, 2.24) is 10.3 Å². The van der Waals surface area contributed by atoms with Gasteiger partial charge in [0.25, 0.3) is 0 Å². The van der Waals surface area contributed by atoms with E-state index in [1.165, 1.54) is 17.8 Å². The number of aromatic nitrogens is 1. The first kappa shape index (κ1) is 11.1. The standard InChI is InChI=1S/C13H10N2O2S/c16-11(5-13-15-12(17)7-18-13)9-6-14-10-4-2-1-3-8(9)10/h1-6,14H,7H2,(H,15,17). The maximum Gasteiger partial charge on any atom is 0.235 e. The van der Waals surface area contributed by atoms with Gasteiger partial charge in [0, 0.05) is 28.7 Å². The molecule has 1 amide bonds. The number of hydrogen-bond acceptors (Lipinski definition) is 3. The van der Waals surface area contributed by atoms with Gasteiger partial charge in [-0.05, 0) is 6.07 Å². The molecule has 0 saturated carbocycles. The van der Waals surface area contributed by atoms with Crippen molar-refractivity contribution in [2.75, 3.05) is 5.75 Å². The first-order valence-corrected chi connectivity index (χ1v) is 6.47. The fraction of sp³-hybridized carbons (Fsp3) is 0.0769. The molecule has 90 valence electrons. The molecule has 4 nitrogen and oxygen atoms in total. The third-order valence-corrected chi connectivity index (χ3v) is 3.68. The highest BCUT2D eigenvalue weighted by molar-refractivity contribution is 8.04. The van der Waals surface area contributed by atoms with Gasteiger partial charge < -0.3 is 10.3 Å². The normalized spacial score (nSPS) is 17.3. The first-order valence-electron chi connectivity index (χ1n) is 5.49. The Morgan fingerprint density at radius 2 is 2.17 bits per heavy atom.